The maximum Gasteiger partial charge on any atom is 0.139 e. The normalized spacial score (nSPS) is 12.0. The predicted octanol–water partition coefficient (Wildman–Crippen LogP) is 2.14. The Hall–Kier alpha value is -0.440. The zero-order chi connectivity index (χ0) is 7.78. The van der Waals surface area contributed by atoms with Crippen molar-refractivity contribution in [2.45, 2.75) is 33.1 Å². The second-order valence-electron chi connectivity index (χ2n) is 3.40. The first kappa shape index (κ1) is 7.66. The van der Waals surface area contributed by atoms with Gasteiger partial charge in [0.05, 0.1) is 0 Å². The van der Waals surface area contributed by atoms with Gasteiger partial charge in [0.25, 0.3) is 0 Å². The first-order chi connectivity index (χ1) is 4.50. The van der Waals surface area contributed by atoms with E-state index in [2.05, 4.69) is 30.1 Å². The van der Waals surface area contributed by atoms with E-state index in [-0.39, 0.29) is 5.41 Å². The van der Waals surface area contributed by atoms with Crippen molar-refractivity contribution in [3.8, 4) is 0 Å². The molecule has 0 atom stereocenters. The van der Waals surface area contributed by atoms with E-state index >= 15 is 0 Å². The van der Waals surface area contributed by atoms with Crippen molar-refractivity contribution < 1.29 is 0 Å². The Morgan fingerprint density at radius 2 is 1.90 bits per heavy atom. The summed E-state index contributed by atoms with van der Waals surface area (Å²) in [6, 6.07) is 0. The fraction of sp³-hybridized carbons (Fsp3) is 0.714. The Morgan fingerprint density at radius 3 is 2.10 bits per heavy atom. The van der Waals surface area contributed by atoms with E-state index in [4.69, 9.17) is 0 Å². The highest BCUT2D eigenvalue weighted by atomic mass is 32.1. The van der Waals surface area contributed by atoms with Gasteiger partial charge in [-0.2, -0.15) is 4.37 Å². The van der Waals surface area contributed by atoms with Gasteiger partial charge in [-0.25, -0.2) is 4.98 Å². The van der Waals surface area contributed by atoms with Crippen molar-refractivity contribution in [2.75, 3.05) is 0 Å². The number of aromatic nitrogens is 2. The maximum absolute atomic E-state index is 4.29. The summed E-state index contributed by atoms with van der Waals surface area (Å²) in [5, 5.41) is 1.12. The Balaban J connectivity index is 2.96. The zero-order valence-corrected chi connectivity index (χ0v) is 7.62. The highest BCUT2D eigenvalue weighted by Crippen LogP contribution is 2.22. The van der Waals surface area contributed by atoms with Gasteiger partial charge in [0, 0.05) is 5.41 Å². The Kier molecular flexibility index (Phi) is 1.77. The molecule has 10 heavy (non-hydrogen) atoms. The minimum absolute atomic E-state index is 0.159. The summed E-state index contributed by atoms with van der Waals surface area (Å²) in [5.74, 6) is 0.884. The highest BCUT2D eigenvalue weighted by Gasteiger charge is 2.17. The summed E-state index contributed by atoms with van der Waals surface area (Å²) in [5.41, 5.74) is 0.159. The SMILES string of the molecule is Cc1nsc(C(C)(C)C)n1. The molecule has 0 N–H and O–H groups in total. The Bertz CT molecular complexity index is 222. The Labute approximate surface area is 65.5 Å². The summed E-state index contributed by atoms with van der Waals surface area (Å²) in [4.78, 5) is 4.29. The minimum Gasteiger partial charge on any atom is -0.224 e. The number of rotatable bonds is 0. The molecule has 0 bridgehead atoms. The molecule has 0 unspecified atom stereocenters. The third-order valence-corrected chi connectivity index (χ3v) is 2.40. The van der Waals surface area contributed by atoms with Crippen molar-refractivity contribution >= 4 is 11.5 Å². The second kappa shape index (κ2) is 2.31. The summed E-state index contributed by atoms with van der Waals surface area (Å²) >= 11 is 1.50. The van der Waals surface area contributed by atoms with Crippen LogP contribution >= 0.6 is 11.5 Å². The van der Waals surface area contributed by atoms with Crippen molar-refractivity contribution in [3.63, 3.8) is 0 Å². The maximum atomic E-state index is 4.29. The average Bonchev–Trinajstić information content (AvgIpc) is 2.11. The summed E-state index contributed by atoms with van der Waals surface area (Å²) < 4.78 is 4.11. The third kappa shape index (κ3) is 1.53. The lowest BCUT2D eigenvalue weighted by molar-refractivity contribution is 0.584. The van der Waals surface area contributed by atoms with Crippen LogP contribution in [0.1, 0.15) is 31.6 Å². The fourth-order valence-corrected chi connectivity index (χ4v) is 1.31. The standard InChI is InChI=1S/C7H12N2S/c1-5-8-6(10-9-5)7(2,3)4/h1-4H3. The topological polar surface area (TPSA) is 25.8 Å². The van der Waals surface area contributed by atoms with Gasteiger partial charge in [-0.05, 0) is 18.5 Å². The number of nitrogens with zero attached hydrogens (tertiary/aromatic N) is 2. The molecule has 0 spiro atoms. The van der Waals surface area contributed by atoms with Gasteiger partial charge in [0.1, 0.15) is 10.8 Å². The van der Waals surface area contributed by atoms with E-state index in [0.717, 1.165) is 10.8 Å². The van der Waals surface area contributed by atoms with Crippen LogP contribution in [0.15, 0.2) is 0 Å². The third-order valence-electron chi connectivity index (χ3n) is 1.17. The van der Waals surface area contributed by atoms with E-state index in [9.17, 15) is 0 Å². The summed E-state index contributed by atoms with van der Waals surface area (Å²) in [6.07, 6.45) is 0. The van der Waals surface area contributed by atoms with E-state index in [1.165, 1.54) is 11.5 Å². The number of aryl methyl sites for hydroxylation is 1. The second-order valence-corrected chi connectivity index (χ2v) is 4.15. The van der Waals surface area contributed by atoms with E-state index in [0.29, 0.717) is 0 Å². The number of hydrogen-bond donors (Lipinski definition) is 0. The summed E-state index contributed by atoms with van der Waals surface area (Å²) in [6.45, 7) is 8.36. The quantitative estimate of drug-likeness (QED) is 0.575. The van der Waals surface area contributed by atoms with Crippen molar-refractivity contribution in [2.24, 2.45) is 0 Å². The molecule has 1 aromatic heterocycles. The molecule has 3 heteroatoms. The summed E-state index contributed by atoms with van der Waals surface area (Å²) in [7, 11) is 0. The predicted molar refractivity (Wildman–Crippen MR) is 43.3 cm³/mol. The van der Waals surface area contributed by atoms with E-state index in [1.54, 1.807) is 0 Å². The van der Waals surface area contributed by atoms with Crippen LogP contribution in [0.25, 0.3) is 0 Å². The Morgan fingerprint density at radius 1 is 1.30 bits per heavy atom. The van der Waals surface area contributed by atoms with Crippen LogP contribution in [-0.2, 0) is 5.41 Å². The van der Waals surface area contributed by atoms with Crippen LogP contribution in [-0.4, -0.2) is 9.36 Å². The van der Waals surface area contributed by atoms with Gasteiger partial charge in [-0.1, -0.05) is 20.8 Å². The molecule has 0 aromatic carbocycles. The van der Waals surface area contributed by atoms with Gasteiger partial charge in [0.15, 0.2) is 0 Å². The van der Waals surface area contributed by atoms with Crippen LogP contribution in [0, 0.1) is 6.92 Å². The van der Waals surface area contributed by atoms with Gasteiger partial charge in [0.2, 0.25) is 0 Å². The van der Waals surface area contributed by atoms with Gasteiger partial charge in [-0.15, -0.1) is 0 Å². The van der Waals surface area contributed by atoms with Gasteiger partial charge in [-0.3, -0.25) is 0 Å². The van der Waals surface area contributed by atoms with Gasteiger partial charge >= 0.3 is 0 Å². The molecule has 0 radical (unpaired) electrons. The molecule has 0 aliphatic carbocycles. The molecule has 2 nitrogen and oxygen atoms in total. The monoisotopic (exact) mass is 156 g/mol. The lowest BCUT2D eigenvalue weighted by atomic mass is 9.98. The molecule has 1 rings (SSSR count). The number of hydrogen-bond acceptors (Lipinski definition) is 3. The lowest BCUT2D eigenvalue weighted by Crippen LogP contribution is -2.10. The fourth-order valence-electron chi connectivity index (χ4n) is 0.602. The molecule has 0 saturated carbocycles. The molecule has 1 aromatic rings. The first-order valence-corrected chi connectivity index (χ1v) is 4.08. The molecule has 0 saturated heterocycles. The van der Waals surface area contributed by atoms with Crippen molar-refractivity contribution in [1.82, 2.24) is 9.36 Å². The smallest absolute Gasteiger partial charge is 0.139 e. The van der Waals surface area contributed by atoms with Crippen LogP contribution in [0.4, 0.5) is 0 Å². The first-order valence-electron chi connectivity index (χ1n) is 3.31. The zero-order valence-electron chi connectivity index (χ0n) is 6.80. The van der Waals surface area contributed by atoms with E-state index < -0.39 is 0 Å². The van der Waals surface area contributed by atoms with Crippen molar-refractivity contribution in [1.29, 1.82) is 0 Å². The highest BCUT2D eigenvalue weighted by molar-refractivity contribution is 7.05. The van der Waals surface area contributed by atoms with Crippen molar-refractivity contribution in [3.05, 3.63) is 10.8 Å². The van der Waals surface area contributed by atoms with Crippen LogP contribution < -0.4 is 0 Å². The van der Waals surface area contributed by atoms with E-state index in [1.807, 2.05) is 6.92 Å². The lowest BCUT2D eigenvalue weighted by Gasteiger charge is -2.12. The largest absolute Gasteiger partial charge is 0.224 e. The molecule has 1 heterocycles. The van der Waals surface area contributed by atoms with Crippen LogP contribution in [0.5, 0.6) is 0 Å². The van der Waals surface area contributed by atoms with Gasteiger partial charge < -0.3 is 0 Å². The van der Waals surface area contributed by atoms with Crippen LogP contribution in [0.2, 0.25) is 0 Å². The minimum atomic E-state index is 0.159. The average molecular weight is 156 g/mol. The molecule has 0 fully saturated rings. The molecule has 0 amide bonds. The molecular weight excluding hydrogens is 144 g/mol. The molecular formula is C7H12N2S. The molecule has 0 aliphatic rings. The molecule has 56 valence electrons. The molecule has 0 aliphatic heterocycles. The van der Waals surface area contributed by atoms with Crippen LogP contribution in [0.3, 0.4) is 0 Å².